The number of hydrogen-bond acceptors (Lipinski definition) is 3. The minimum Gasteiger partial charge on any atom is -0.326 e. The van der Waals surface area contributed by atoms with Crippen LogP contribution in [-0.4, -0.2) is 48.6 Å². The van der Waals surface area contributed by atoms with Crippen LogP contribution in [0, 0.1) is 5.82 Å². The SMILES string of the molecule is CCC1CN(C(c2cccc(F)c2)C(C)N)CCN1C. The van der Waals surface area contributed by atoms with Gasteiger partial charge in [-0.3, -0.25) is 4.90 Å². The van der Waals surface area contributed by atoms with Crippen molar-refractivity contribution in [3.05, 3.63) is 35.6 Å². The molecule has 3 unspecified atom stereocenters. The third-order valence-corrected chi connectivity index (χ3v) is 4.36. The second-order valence-corrected chi connectivity index (χ2v) is 5.90. The van der Waals surface area contributed by atoms with Crippen molar-refractivity contribution in [2.45, 2.75) is 38.4 Å². The Morgan fingerprint density at radius 3 is 2.75 bits per heavy atom. The van der Waals surface area contributed by atoms with E-state index in [0.717, 1.165) is 31.6 Å². The Balaban J connectivity index is 2.21. The van der Waals surface area contributed by atoms with Crippen molar-refractivity contribution in [3.8, 4) is 0 Å². The van der Waals surface area contributed by atoms with Crippen LogP contribution in [0.5, 0.6) is 0 Å². The molecule has 1 heterocycles. The number of rotatable bonds is 4. The minimum absolute atomic E-state index is 0.0160. The fourth-order valence-electron chi connectivity index (χ4n) is 3.20. The molecule has 112 valence electrons. The molecule has 0 spiro atoms. The molecule has 2 rings (SSSR count). The Labute approximate surface area is 121 Å². The van der Waals surface area contributed by atoms with Gasteiger partial charge in [0.25, 0.3) is 0 Å². The van der Waals surface area contributed by atoms with E-state index in [4.69, 9.17) is 5.73 Å². The highest BCUT2D eigenvalue weighted by Crippen LogP contribution is 2.27. The summed E-state index contributed by atoms with van der Waals surface area (Å²) in [5, 5.41) is 0. The van der Waals surface area contributed by atoms with Gasteiger partial charge >= 0.3 is 0 Å². The average Bonchev–Trinajstić information content (AvgIpc) is 2.40. The molecule has 4 heteroatoms. The molecule has 3 nitrogen and oxygen atoms in total. The fourth-order valence-corrected chi connectivity index (χ4v) is 3.20. The van der Waals surface area contributed by atoms with E-state index in [9.17, 15) is 4.39 Å². The molecule has 20 heavy (non-hydrogen) atoms. The monoisotopic (exact) mass is 279 g/mol. The molecule has 1 saturated heterocycles. The van der Waals surface area contributed by atoms with E-state index >= 15 is 0 Å². The topological polar surface area (TPSA) is 32.5 Å². The molecule has 1 aliphatic rings. The predicted octanol–water partition coefficient (Wildman–Crippen LogP) is 2.24. The van der Waals surface area contributed by atoms with E-state index in [1.165, 1.54) is 6.07 Å². The Morgan fingerprint density at radius 1 is 1.40 bits per heavy atom. The van der Waals surface area contributed by atoms with Crippen molar-refractivity contribution in [1.29, 1.82) is 0 Å². The third kappa shape index (κ3) is 3.37. The van der Waals surface area contributed by atoms with Crippen LogP contribution in [0.25, 0.3) is 0 Å². The van der Waals surface area contributed by atoms with Gasteiger partial charge in [-0.25, -0.2) is 4.39 Å². The van der Waals surface area contributed by atoms with Gasteiger partial charge in [-0.1, -0.05) is 19.1 Å². The van der Waals surface area contributed by atoms with Gasteiger partial charge in [-0.05, 0) is 38.1 Å². The predicted molar refractivity (Wildman–Crippen MR) is 81.1 cm³/mol. The maximum atomic E-state index is 13.5. The maximum absolute atomic E-state index is 13.5. The van der Waals surface area contributed by atoms with Crippen LogP contribution in [0.2, 0.25) is 0 Å². The molecule has 0 saturated carbocycles. The molecule has 1 aromatic carbocycles. The molecule has 2 N–H and O–H groups in total. The highest BCUT2D eigenvalue weighted by Gasteiger charge is 2.30. The Kier molecular flexibility index (Phi) is 5.13. The van der Waals surface area contributed by atoms with Crippen LogP contribution in [0.3, 0.4) is 0 Å². The lowest BCUT2D eigenvalue weighted by Gasteiger charge is -2.44. The summed E-state index contributed by atoms with van der Waals surface area (Å²) in [6, 6.07) is 7.49. The van der Waals surface area contributed by atoms with Crippen LogP contribution >= 0.6 is 0 Å². The number of hydrogen-bond donors (Lipinski definition) is 1. The van der Waals surface area contributed by atoms with Gasteiger partial charge in [0, 0.05) is 37.8 Å². The Hall–Kier alpha value is -0.970. The molecule has 1 aliphatic heterocycles. The van der Waals surface area contributed by atoms with Gasteiger partial charge in [-0.2, -0.15) is 0 Å². The summed E-state index contributed by atoms with van der Waals surface area (Å²) >= 11 is 0. The van der Waals surface area contributed by atoms with Crippen LogP contribution in [0.15, 0.2) is 24.3 Å². The molecule has 0 aromatic heterocycles. The third-order valence-electron chi connectivity index (χ3n) is 4.36. The zero-order valence-electron chi connectivity index (χ0n) is 12.7. The highest BCUT2D eigenvalue weighted by molar-refractivity contribution is 5.22. The van der Waals surface area contributed by atoms with Crippen LogP contribution < -0.4 is 5.73 Å². The highest BCUT2D eigenvalue weighted by atomic mass is 19.1. The van der Waals surface area contributed by atoms with Gasteiger partial charge in [0.15, 0.2) is 0 Å². The number of likely N-dealkylation sites (N-methyl/N-ethyl adjacent to an activating group) is 1. The Morgan fingerprint density at radius 2 is 2.15 bits per heavy atom. The molecule has 0 bridgehead atoms. The molecule has 1 aromatic rings. The average molecular weight is 279 g/mol. The normalized spacial score (nSPS) is 24.6. The van der Waals surface area contributed by atoms with E-state index in [2.05, 4.69) is 23.8 Å². The number of benzene rings is 1. The lowest BCUT2D eigenvalue weighted by Crippen LogP contribution is -2.54. The summed E-state index contributed by atoms with van der Waals surface area (Å²) in [6.45, 7) is 7.24. The first-order valence-electron chi connectivity index (χ1n) is 7.48. The molecule has 0 radical (unpaired) electrons. The minimum atomic E-state index is -0.186. The van der Waals surface area contributed by atoms with E-state index in [0.29, 0.717) is 6.04 Å². The van der Waals surface area contributed by atoms with Crippen LogP contribution in [0.4, 0.5) is 4.39 Å². The van der Waals surface area contributed by atoms with Gasteiger partial charge in [0.2, 0.25) is 0 Å². The van der Waals surface area contributed by atoms with Crippen molar-refractivity contribution in [2.75, 3.05) is 26.7 Å². The first-order chi connectivity index (χ1) is 9.52. The van der Waals surface area contributed by atoms with E-state index in [1.807, 2.05) is 13.0 Å². The van der Waals surface area contributed by atoms with Crippen LogP contribution in [0.1, 0.15) is 31.9 Å². The number of nitrogens with two attached hydrogens (primary N) is 1. The van der Waals surface area contributed by atoms with Crippen molar-refractivity contribution < 1.29 is 4.39 Å². The smallest absolute Gasteiger partial charge is 0.123 e. The summed E-state index contributed by atoms with van der Waals surface area (Å²) in [4.78, 5) is 4.81. The summed E-state index contributed by atoms with van der Waals surface area (Å²) in [5.41, 5.74) is 7.18. The summed E-state index contributed by atoms with van der Waals surface area (Å²) < 4.78 is 13.5. The van der Waals surface area contributed by atoms with Crippen molar-refractivity contribution in [1.82, 2.24) is 9.80 Å². The summed E-state index contributed by atoms with van der Waals surface area (Å²) in [6.07, 6.45) is 1.13. The van der Waals surface area contributed by atoms with Crippen molar-refractivity contribution in [3.63, 3.8) is 0 Å². The molecule has 0 aliphatic carbocycles. The standard InChI is InChI=1S/C16H26FN3/c1-4-15-11-20(9-8-19(15)3)16(12(2)18)13-6-5-7-14(17)10-13/h5-7,10,12,15-16H,4,8-9,11,18H2,1-3H3. The zero-order chi connectivity index (χ0) is 14.7. The maximum Gasteiger partial charge on any atom is 0.123 e. The van der Waals surface area contributed by atoms with E-state index in [-0.39, 0.29) is 17.9 Å². The first kappa shape index (κ1) is 15.4. The molecular weight excluding hydrogens is 253 g/mol. The molecule has 3 atom stereocenters. The quantitative estimate of drug-likeness (QED) is 0.917. The number of nitrogens with zero attached hydrogens (tertiary/aromatic N) is 2. The van der Waals surface area contributed by atoms with Crippen LogP contribution in [-0.2, 0) is 0 Å². The number of halogens is 1. The molecule has 0 amide bonds. The van der Waals surface area contributed by atoms with Crippen molar-refractivity contribution in [2.24, 2.45) is 5.73 Å². The van der Waals surface area contributed by atoms with E-state index < -0.39 is 0 Å². The van der Waals surface area contributed by atoms with E-state index in [1.54, 1.807) is 12.1 Å². The first-order valence-corrected chi connectivity index (χ1v) is 7.48. The molecule has 1 fully saturated rings. The lowest BCUT2D eigenvalue weighted by atomic mass is 9.97. The number of piperazine rings is 1. The lowest BCUT2D eigenvalue weighted by molar-refractivity contribution is 0.0548. The second kappa shape index (κ2) is 6.66. The van der Waals surface area contributed by atoms with Gasteiger partial charge in [0.05, 0.1) is 0 Å². The van der Waals surface area contributed by atoms with Gasteiger partial charge in [0.1, 0.15) is 5.82 Å². The fraction of sp³-hybridized carbons (Fsp3) is 0.625. The van der Waals surface area contributed by atoms with Crippen molar-refractivity contribution >= 4 is 0 Å². The molecular formula is C16H26FN3. The summed E-state index contributed by atoms with van der Waals surface area (Å²) in [7, 11) is 2.18. The second-order valence-electron chi connectivity index (χ2n) is 5.90. The largest absolute Gasteiger partial charge is 0.326 e. The van der Waals surface area contributed by atoms with Gasteiger partial charge in [-0.15, -0.1) is 0 Å². The zero-order valence-corrected chi connectivity index (χ0v) is 12.7. The summed E-state index contributed by atoms with van der Waals surface area (Å²) in [5.74, 6) is -0.186. The Bertz CT molecular complexity index is 435. The van der Waals surface area contributed by atoms with Gasteiger partial charge < -0.3 is 10.6 Å².